The first-order chi connectivity index (χ1) is 24.5. The molecule has 3 heterocycles. The molecule has 0 aromatic carbocycles. The van der Waals surface area contributed by atoms with Crippen LogP contribution in [0.2, 0.25) is 0 Å². The van der Waals surface area contributed by atoms with Crippen LogP contribution in [-0.2, 0) is 38.0 Å². The van der Waals surface area contributed by atoms with Crippen LogP contribution in [0.4, 0.5) is 0 Å². The van der Waals surface area contributed by atoms with E-state index in [0.717, 1.165) is 0 Å². The van der Waals surface area contributed by atoms with E-state index in [1.807, 2.05) is 25.9 Å². The van der Waals surface area contributed by atoms with E-state index >= 15 is 0 Å². The molecule has 18 atom stereocenters. The average Bonchev–Trinajstić information content (AvgIpc) is 3.08. The minimum absolute atomic E-state index is 0.0585. The third-order valence-electron chi connectivity index (χ3n) is 12.1. The van der Waals surface area contributed by atoms with Crippen LogP contribution in [-0.4, -0.2) is 154 Å². The monoisotopic (exact) mass is 760 g/mol. The first-order valence-electron chi connectivity index (χ1n) is 19.0. The van der Waals surface area contributed by atoms with Gasteiger partial charge >= 0.3 is 5.97 Å². The second kappa shape index (κ2) is 18.1. The van der Waals surface area contributed by atoms with Gasteiger partial charge in [0.05, 0.1) is 47.6 Å². The van der Waals surface area contributed by atoms with Gasteiger partial charge in [0.1, 0.15) is 23.9 Å². The zero-order valence-corrected chi connectivity index (χ0v) is 34.0. The highest BCUT2D eigenvalue weighted by atomic mass is 16.7. The molecule has 3 fully saturated rings. The summed E-state index contributed by atoms with van der Waals surface area (Å²) in [5.41, 5.74) is -4.58. The standard InChI is InChI=1S/C38H68N2O13/c1-14-26-38(10,47)31(43)21(4)28(39-18-41)19(2)16-36(8,46)33(53-35-29(42)25(40(11)12)15-20(3)49-35)22(5)30(23(6)34(45)51-26)52-27-17-37(9,48-13)32(44)24(7)50-27/h18-27,29-33,35,42-44,46-47H,14-17H2,1-13H3. The molecule has 0 radical (unpaired) electrons. The molecular formula is C38H68N2O13. The number of aliphatic imine (C=N–C) groups is 1. The lowest BCUT2D eigenvalue weighted by atomic mass is 9.73. The van der Waals surface area contributed by atoms with Crippen LogP contribution in [0.15, 0.2) is 4.99 Å². The minimum atomic E-state index is -1.97. The zero-order valence-electron chi connectivity index (χ0n) is 34.0. The van der Waals surface area contributed by atoms with Gasteiger partial charge in [0, 0.05) is 37.1 Å². The molecule has 15 nitrogen and oxygen atoms in total. The van der Waals surface area contributed by atoms with Crippen molar-refractivity contribution in [3.05, 3.63) is 0 Å². The Hall–Kier alpha value is -1.63. The van der Waals surface area contributed by atoms with Crippen LogP contribution < -0.4 is 0 Å². The summed E-state index contributed by atoms with van der Waals surface area (Å²) in [5, 5.41) is 58.3. The van der Waals surface area contributed by atoms with Crippen LogP contribution in [0, 0.1) is 23.7 Å². The molecule has 0 aromatic rings. The Balaban J connectivity index is 2.23. The number of nitrogens with zero attached hydrogens (tertiary/aromatic N) is 2. The molecule has 18 unspecified atom stereocenters. The Morgan fingerprint density at radius 3 is 2.11 bits per heavy atom. The molecule has 3 rings (SSSR count). The van der Waals surface area contributed by atoms with Gasteiger partial charge in [-0.25, -0.2) is 4.99 Å². The maximum absolute atomic E-state index is 14.2. The number of aliphatic hydroxyl groups excluding tert-OH is 3. The van der Waals surface area contributed by atoms with Crippen LogP contribution in [0.25, 0.3) is 0 Å². The molecule has 3 saturated heterocycles. The third kappa shape index (κ3) is 10.0. The van der Waals surface area contributed by atoms with E-state index < -0.39 is 102 Å². The van der Waals surface area contributed by atoms with Crippen molar-refractivity contribution in [3.63, 3.8) is 0 Å². The van der Waals surface area contributed by atoms with Crippen molar-refractivity contribution in [2.45, 2.75) is 179 Å². The number of hydrogen-bond donors (Lipinski definition) is 5. The maximum atomic E-state index is 14.2. The molecule has 1 amide bonds. The third-order valence-corrected chi connectivity index (χ3v) is 12.1. The van der Waals surface area contributed by atoms with Gasteiger partial charge in [0.25, 0.3) is 0 Å². The highest BCUT2D eigenvalue weighted by Gasteiger charge is 2.53. The molecule has 308 valence electrons. The number of hydrogen-bond acceptors (Lipinski definition) is 14. The fourth-order valence-corrected chi connectivity index (χ4v) is 8.73. The van der Waals surface area contributed by atoms with Crippen molar-refractivity contribution < 1.29 is 63.5 Å². The predicted octanol–water partition coefficient (Wildman–Crippen LogP) is 1.81. The number of carbonyl (C=O) groups excluding carboxylic acids is 2. The second-order valence-corrected chi connectivity index (χ2v) is 16.7. The van der Waals surface area contributed by atoms with Gasteiger partial charge in [0.15, 0.2) is 12.6 Å². The fraction of sp³-hybridized carbons (Fsp3) is 0.921. The smallest absolute Gasteiger partial charge is 0.311 e. The van der Waals surface area contributed by atoms with E-state index in [0.29, 0.717) is 12.8 Å². The Bertz CT molecular complexity index is 1250. The Morgan fingerprint density at radius 2 is 1.57 bits per heavy atom. The Morgan fingerprint density at radius 1 is 0.943 bits per heavy atom. The van der Waals surface area contributed by atoms with E-state index in [1.165, 1.54) is 14.0 Å². The maximum Gasteiger partial charge on any atom is 0.311 e. The highest BCUT2D eigenvalue weighted by molar-refractivity contribution is 5.93. The van der Waals surface area contributed by atoms with Crippen molar-refractivity contribution in [1.82, 2.24) is 4.90 Å². The van der Waals surface area contributed by atoms with E-state index in [2.05, 4.69) is 4.99 Å². The molecular weight excluding hydrogens is 692 g/mol. The summed E-state index contributed by atoms with van der Waals surface area (Å²) in [6.45, 7) is 16.7. The molecule has 5 N–H and O–H groups in total. The summed E-state index contributed by atoms with van der Waals surface area (Å²) in [6, 6.07) is -0.329. The van der Waals surface area contributed by atoms with Gasteiger partial charge < -0.3 is 58.9 Å². The van der Waals surface area contributed by atoms with Crippen molar-refractivity contribution in [3.8, 4) is 0 Å². The van der Waals surface area contributed by atoms with E-state index in [-0.39, 0.29) is 37.1 Å². The minimum Gasteiger partial charge on any atom is -0.459 e. The molecule has 3 aliphatic rings. The van der Waals surface area contributed by atoms with Crippen LogP contribution in [0.3, 0.4) is 0 Å². The Labute approximate surface area is 315 Å². The molecule has 0 saturated carbocycles. The van der Waals surface area contributed by atoms with Gasteiger partial charge in [-0.2, -0.15) is 0 Å². The SMILES string of the molecule is CCC1OC(=O)C(C)C(OC2CC(C)(OC)C(O)C(C)O2)C(C)C(OC2OC(C)CC(N(C)C)C2O)C(C)(O)CC(C)C(=NC=O)C(C)C(O)C1(C)O. The van der Waals surface area contributed by atoms with Gasteiger partial charge in [-0.3, -0.25) is 9.59 Å². The van der Waals surface area contributed by atoms with E-state index in [4.69, 9.17) is 28.4 Å². The molecule has 15 heteroatoms. The summed E-state index contributed by atoms with van der Waals surface area (Å²) < 4.78 is 37.3. The van der Waals surface area contributed by atoms with Gasteiger partial charge in [-0.1, -0.05) is 27.7 Å². The highest BCUT2D eigenvalue weighted by Crippen LogP contribution is 2.41. The number of aliphatic hydroxyl groups is 5. The lowest BCUT2D eigenvalue weighted by Gasteiger charge is -2.49. The molecule has 0 spiro atoms. The van der Waals surface area contributed by atoms with Crippen molar-refractivity contribution in [2.75, 3.05) is 21.2 Å². The van der Waals surface area contributed by atoms with Gasteiger partial charge in [-0.15, -0.1) is 0 Å². The number of esters is 1. The number of rotatable bonds is 8. The van der Waals surface area contributed by atoms with E-state index in [1.54, 1.807) is 55.4 Å². The number of amides is 1. The summed E-state index contributed by atoms with van der Waals surface area (Å²) in [6.07, 6.45) is -9.22. The summed E-state index contributed by atoms with van der Waals surface area (Å²) in [5.74, 6) is -4.21. The largest absolute Gasteiger partial charge is 0.459 e. The quantitative estimate of drug-likeness (QED) is 0.177. The van der Waals surface area contributed by atoms with Crippen LogP contribution in [0.1, 0.15) is 94.9 Å². The molecule has 0 bridgehead atoms. The van der Waals surface area contributed by atoms with Crippen LogP contribution >= 0.6 is 0 Å². The molecule has 0 aromatic heterocycles. The van der Waals surface area contributed by atoms with Crippen LogP contribution in [0.5, 0.6) is 0 Å². The number of ether oxygens (including phenoxy) is 6. The second-order valence-electron chi connectivity index (χ2n) is 16.7. The normalized spacial score (nSPS) is 49.0. The van der Waals surface area contributed by atoms with Crippen molar-refractivity contribution >= 4 is 18.1 Å². The number of likely N-dealkylation sites (N-methyl/N-ethyl adjacent to an activating group) is 1. The summed E-state index contributed by atoms with van der Waals surface area (Å²) in [4.78, 5) is 32.0. The lowest BCUT2D eigenvalue weighted by Crippen LogP contribution is -2.61. The first-order valence-corrected chi connectivity index (χ1v) is 19.0. The van der Waals surface area contributed by atoms with Crippen molar-refractivity contribution in [1.29, 1.82) is 0 Å². The lowest BCUT2D eigenvalue weighted by molar-refractivity contribution is -0.317. The topological polar surface area (TPSA) is 206 Å². The number of methoxy groups -OCH3 is 1. The Kier molecular flexibility index (Phi) is 15.6. The number of cyclic esters (lactones) is 1. The van der Waals surface area contributed by atoms with Gasteiger partial charge in [0.2, 0.25) is 6.41 Å². The zero-order chi connectivity index (χ0) is 40.4. The number of carbonyl (C=O) groups is 2. The summed E-state index contributed by atoms with van der Waals surface area (Å²) >= 11 is 0. The van der Waals surface area contributed by atoms with E-state index in [9.17, 15) is 35.1 Å². The summed E-state index contributed by atoms with van der Waals surface area (Å²) in [7, 11) is 5.18. The van der Waals surface area contributed by atoms with Crippen molar-refractivity contribution in [2.24, 2.45) is 28.7 Å². The first kappa shape index (κ1) is 45.8. The molecule has 0 aliphatic carbocycles. The predicted molar refractivity (Wildman–Crippen MR) is 195 cm³/mol. The van der Waals surface area contributed by atoms with Gasteiger partial charge in [-0.05, 0) is 80.8 Å². The fourth-order valence-electron chi connectivity index (χ4n) is 8.73. The molecule has 3 aliphatic heterocycles. The molecule has 53 heavy (non-hydrogen) atoms. The average molecular weight is 761 g/mol.